The largest absolute Gasteiger partial charge is 0.315 e. The molecule has 0 amide bonds. The van der Waals surface area contributed by atoms with E-state index in [1.54, 1.807) is 0 Å². The molecule has 1 unspecified atom stereocenters. The first kappa shape index (κ1) is 12.0. The molecular weight excluding hydrogens is 172 g/mol. The summed E-state index contributed by atoms with van der Waals surface area (Å²) in [4.78, 5) is 2.49. The molecule has 1 rings (SSSR count). The first-order valence-corrected chi connectivity index (χ1v) is 5.89. The number of nitrogens with one attached hydrogen (secondary N) is 1. The lowest BCUT2D eigenvalue weighted by Gasteiger charge is -2.37. The van der Waals surface area contributed by atoms with Gasteiger partial charge in [0.1, 0.15) is 0 Å². The Morgan fingerprint density at radius 3 is 2.36 bits per heavy atom. The van der Waals surface area contributed by atoms with Gasteiger partial charge in [0.25, 0.3) is 0 Å². The Labute approximate surface area is 89.1 Å². The highest BCUT2D eigenvalue weighted by molar-refractivity contribution is 4.89. The van der Waals surface area contributed by atoms with Crippen LogP contribution in [0.2, 0.25) is 0 Å². The number of hydrogen-bond donors (Lipinski definition) is 1. The van der Waals surface area contributed by atoms with Crippen molar-refractivity contribution in [1.29, 1.82) is 0 Å². The Kier molecular flexibility index (Phi) is 3.96. The molecule has 1 atom stereocenters. The lowest BCUT2D eigenvalue weighted by molar-refractivity contribution is 0.132. The molecule has 0 aromatic rings. The highest BCUT2D eigenvalue weighted by Crippen LogP contribution is 2.33. The molecule has 2 nitrogen and oxygen atoms in total. The molecule has 1 saturated carbocycles. The number of likely N-dealkylation sites (N-methyl/N-ethyl adjacent to an activating group) is 2. The van der Waals surface area contributed by atoms with Crippen LogP contribution in [0, 0.1) is 5.92 Å². The average molecular weight is 198 g/mol. The second kappa shape index (κ2) is 4.63. The summed E-state index contributed by atoms with van der Waals surface area (Å²) in [6.45, 7) is 8.10. The molecule has 0 aliphatic heterocycles. The van der Waals surface area contributed by atoms with E-state index in [0.717, 1.165) is 5.92 Å². The molecule has 1 N–H and O–H groups in total. The van der Waals surface area contributed by atoms with Crippen molar-refractivity contribution in [3.05, 3.63) is 0 Å². The second-order valence-electron chi connectivity index (χ2n) is 5.28. The maximum absolute atomic E-state index is 3.45. The topological polar surface area (TPSA) is 15.3 Å². The van der Waals surface area contributed by atoms with Crippen molar-refractivity contribution in [3.8, 4) is 0 Å². The summed E-state index contributed by atoms with van der Waals surface area (Å²) >= 11 is 0. The van der Waals surface area contributed by atoms with Crippen LogP contribution in [-0.4, -0.2) is 37.1 Å². The third-order valence-electron chi connectivity index (χ3n) is 3.93. The lowest BCUT2D eigenvalue weighted by atomic mass is 9.98. The van der Waals surface area contributed by atoms with Crippen LogP contribution in [0.25, 0.3) is 0 Å². The zero-order valence-corrected chi connectivity index (χ0v) is 10.4. The maximum atomic E-state index is 3.45. The van der Waals surface area contributed by atoms with Gasteiger partial charge in [-0.15, -0.1) is 0 Å². The van der Waals surface area contributed by atoms with Crippen LogP contribution in [0.5, 0.6) is 0 Å². The van der Waals surface area contributed by atoms with Gasteiger partial charge in [0.05, 0.1) is 0 Å². The van der Waals surface area contributed by atoms with Gasteiger partial charge in [0, 0.05) is 18.1 Å². The minimum atomic E-state index is 0.337. The number of rotatable bonds is 6. The van der Waals surface area contributed by atoms with Crippen molar-refractivity contribution in [2.24, 2.45) is 5.92 Å². The van der Waals surface area contributed by atoms with Gasteiger partial charge in [-0.2, -0.15) is 0 Å². The lowest BCUT2D eigenvalue weighted by Crippen LogP contribution is -2.48. The monoisotopic (exact) mass is 198 g/mol. The van der Waals surface area contributed by atoms with Crippen molar-refractivity contribution < 1.29 is 0 Å². The van der Waals surface area contributed by atoms with Crippen molar-refractivity contribution in [2.45, 2.75) is 51.6 Å². The maximum Gasteiger partial charge on any atom is 0.0220 e. The first-order chi connectivity index (χ1) is 6.51. The zero-order chi connectivity index (χ0) is 10.8. The van der Waals surface area contributed by atoms with Crippen LogP contribution in [0.4, 0.5) is 0 Å². The van der Waals surface area contributed by atoms with E-state index in [-0.39, 0.29) is 0 Å². The molecule has 0 spiro atoms. The van der Waals surface area contributed by atoms with Gasteiger partial charge in [-0.3, -0.25) is 4.90 Å². The van der Waals surface area contributed by atoms with Crippen LogP contribution in [0.3, 0.4) is 0 Å². The van der Waals surface area contributed by atoms with Crippen LogP contribution in [-0.2, 0) is 0 Å². The van der Waals surface area contributed by atoms with Crippen LogP contribution in [0.15, 0.2) is 0 Å². The van der Waals surface area contributed by atoms with Crippen LogP contribution >= 0.6 is 0 Å². The normalized spacial score (nSPS) is 20.1. The third kappa shape index (κ3) is 2.96. The minimum absolute atomic E-state index is 0.337. The van der Waals surface area contributed by atoms with Crippen molar-refractivity contribution in [1.82, 2.24) is 10.2 Å². The third-order valence-corrected chi connectivity index (χ3v) is 3.93. The van der Waals surface area contributed by atoms with Gasteiger partial charge in [-0.1, -0.05) is 6.92 Å². The Hall–Kier alpha value is -0.0800. The summed E-state index contributed by atoms with van der Waals surface area (Å²) in [5.74, 6) is 0.940. The van der Waals surface area contributed by atoms with E-state index in [9.17, 15) is 0 Å². The summed E-state index contributed by atoms with van der Waals surface area (Å²) in [6, 6.07) is 0.700. The van der Waals surface area contributed by atoms with E-state index in [1.807, 2.05) is 0 Å². The molecule has 84 valence electrons. The predicted octanol–water partition coefficient (Wildman–Crippen LogP) is 2.10. The van der Waals surface area contributed by atoms with E-state index >= 15 is 0 Å². The molecule has 2 heteroatoms. The minimum Gasteiger partial charge on any atom is -0.315 e. The molecule has 1 aliphatic carbocycles. The van der Waals surface area contributed by atoms with Gasteiger partial charge in [-0.25, -0.2) is 0 Å². The molecule has 0 aromatic carbocycles. The van der Waals surface area contributed by atoms with E-state index in [2.05, 4.69) is 45.1 Å². The smallest absolute Gasteiger partial charge is 0.0220 e. The Balaban J connectivity index is 2.40. The number of nitrogens with zero attached hydrogens (tertiary/aromatic N) is 1. The first-order valence-electron chi connectivity index (χ1n) is 5.89. The SMILES string of the molecule is CCC(C)(C)N(C)CC(NC)C1CC1. The van der Waals surface area contributed by atoms with Gasteiger partial charge in [0.15, 0.2) is 0 Å². The molecule has 0 bridgehead atoms. The fraction of sp³-hybridized carbons (Fsp3) is 1.00. The average Bonchev–Trinajstić information content (AvgIpc) is 2.97. The van der Waals surface area contributed by atoms with E-state index in [4.69, 9.17) is 0 Å². The highest BCUT2D eigenvalue weighted by Gasteiger charge is 2.33. The molecule has 1 aliphatic rings. The quantitative estimate of drug-likeness (QED) is 0.703. The van der Waals surface area contributed by atoms with Gasteiger partial charge < -0.3 is 5.32 Å². The highest BCUT2D eigenvalue weighted by atomic mass is 15.2. The number of hydrogen-bond acceptors (Lipinski definition) is 2. The molecule has 0 radical (unpaired) electrons. The van der Waals surface area contributed by atoms with Gasteiger partial charge in [-0.05, 0) is 53.1 Å². The standard InChI is InChI=1S/C12H26N2/c1-6-12(2,3)14(5)9-11(13-4)10-7-8-10/h10-11,13H,6-9H2,1-5H3. The van der Waals surface area contributed by atoms with Crippen LogP contribution in [0.1, 0.15) is 40.0 Å². The van der Waals surface area contributed by atoms with Crippen molar-refractivity contribution >= 4 is 0 Å². The predicted molar refractivity (Wildman–Crippen MR) is 62.6 cm³/mol. The summed E-state index contributed by atoms with van der Waals surface area (Å²) < 4.78 is 0. The van der Waals surface area contributed by atoms with E-state index in [1.165, 1.54) is 25.8 Å². The molecule has 14 heavy (non-hydrogen) atoms. The summed E-state index contributed by atoms with van der Waals surface area (Å²) in [5, 5.41) is 3.45. The van der Waals surface area contributed by atoms with Gasteiger partial charge in [0.2, 0.25) is 0 Å². The Morgan fingerprint density at radius 2 is 2.00 bits per heavy atom. The van der Waals surface area contributed by atoms with E-state index in [0.29, 0.717) is 11.6 Å². The fourth-order valence-electron chi connectivity index (χ4n) is 1.79. The molecule has 0 saturated heterocycles. The fourth-order valence-corrected chi connectivity index (χ4v) is 1.79. The van der Waals surface area contributed by atoms with Crippen LogP contribution < -0.4 is 5.32 Å². The van der Waals surface area contributed by atoms with Crippen molar-refractivity contribution in [2.75, 3.05) is 20.6 Å². The molecule has 1 fully saturated rings. The van der Waals surface area contributed by atoms with Crippen molar-refractivity contribution in [3.63, 3.8) is 0 Å². The van der Waals surface area contributed by atoms with Gasteiger partial charge >= 0.3 is 0 Å². The molecular formula is C12H26N2. The Morgan fingerprint density at radius 1 is 1.43 bits per heavy atom. The van der Waals surface area contributed by atoms with E-state index < -0.39 is 0 Å². The second-order valence-corrected chi connectivity index (χ2v) is 5.28. The summed E-state index contributed by atoms with van der Waals surface area (Å²) in [5.41, 5.74) is 0.337. The zero-order valence-electron chi connectivity index (χ0n) is 10.4. The molecule has 0 heterocycles. The Bertz CT molecular complexity index is 173. The summed E-state index contributed by atoms with van der Waals surface area (Å²) in [6.07, 6.45) is 4.06. The summed E-state index contributed by atoms with van der Waals surface area (Å²) in [7, 11) is 4.34. The molecule has 0 aromatic heterocycles.